The van der Waals surface area contributed by atoms with E-state index in [1.807, 2.05) is 35.0 Å². The summed E-state index contributed by atoms with van der Waals surface area (Å²) in [6.45, 7) is 0.869. The maximum atomic E-state index is 12.9. The zero-order chi connectivity index (χ0) is 26.4. The predicted molar refractivity (Wildman–Crippen MR) is 138 cm³/mol. The highest BCUT2D eigenvalue weighted by Crippen LogP contribution is 2.32. The molecule has 2 amide bonds. The van der Waals surface area contributed by atoms with Gasteiger partial charge in [-0.2, -0.15) is 13.2 Å². The number of alkyl halides is 3. The Bertz CT molecular complexity index is 1420. The molecular formula is C27H24F3N3O3S. The molecule has 4 aromatic rings. The van der Waals surface area contributed by atoms with Crippen molar-refractivity contribution in [3.63, 3.8) is 0 Å². The van der Waals surface area contributed by atoms with E-state index in [0.717, 1.165) is 27.9 Å². The number of hydrogen-bond acceptors (Lipinski definition) is 4. The Kier molecular flexibility index (Phi) is 8.08. The molecule has 3 aromatic carbocycles. The van der Waals surface area contributed by atoms with Crippen molar-refractivity contribution in [2.45, 2.75) is 17.6 Å². The summed E-state index contributed by atoms with van der Waals surface area (Å²) < 4.78 is 46.0. The average Bonchev–Trinajstić information content (AvgIpc) is 3.24. The summed E-state index contributed by atoms with van der Waals surface area (Å²) in [5, 5.41) is 6.37. The number of hydrogen-bond donors (Lipinski definition) is 2. The SMILES string of the molecule is COc1ccccc1C(=O)NCCn1cc(SCC(=O)Nc2cccc(C(F)(F)F)c2)c2ccccc21. The third-order valence-electron chi connectivity index (χ3n) is 5.57. The zero-order valence-electron chi connectivity index (χ0n) is 19.8. The molecule has 192 valence electrons. The fourth-order valence-corrected chi connectivity index (χ4v) is 4.73. The van der Waals surface area contributed by atoms with Gasteiger partial charge in [0, 0.05) is 40.8 Å². The van der Waals surface area contributed by atoms with Gasteiger partial charge in [0.25, 0.3) is 5.91 Å². The molecule has 37 heavy (non-hydrogen) atoms. The largest absolute Gasteiger partial charge is 0.496 e. The van der Waals surface area contributed by atoms with Crippen LogP contribution >= 0.6 is 11.8 Å². The maximum absolute atomic E-state index is 12.9. The molecule has 10 heteroatoms. The molecule has 0 radical (unpaired) electrons. The Morgan fingerprint density at radius 1 is 1.00 bits per heavy atom. The van der Waals surface area contributed by atoms with Crippen LogP contribution in [0.25, 0.3) is 10.9 Å². The van der Waals surface area contributed by atoms with Crippen LogP contribution in [0, 0.1) is 0 Å². The number of nitrogens with one attached hydrogen (secondary N) is 2. The number of benzene rings is 3. The van der Waals surface area contributed by atoms with Gasteiger partial charge in [0.15, 0.2) is 0 Å². The minimum Gasteiger partial charge on any atom is -0.496 e. The number of thioether (sulfide) groups is 1. The number of carbonyl (C=O) groups excluding carboxylic acids is 2. The van der Waals surface area contributed by atoms with E-state index in [2.05, 4.69) is 10.6 Å². The molecule has 0 atom stereocenters. The van der Waals surface area contributed by atoms with Gasteiger partial charge in [0.2, 0.25) is 5.91 Å². The lowest BCUT2D eigenvalue weighted by Gasteiger charge is -2.10. The van der Waals surface area contributed by atoms with Crippen molar-refractivity contribution in [2.75, 3.05) is 24.7 Å². The highest BCUT2D eigenvalue weighted by Gasteiger charge is 2.30. The van der Waals surface area contributed by atoms with Crippen molar-refractivity contribution in [1.29, 1.82) is 0 Å². The Hall–Kier alpha value is -3.92. The number of halogens is 3. The van der Waals surface area contributed by atoms with E-state index in [1.54, 1.807) is 24.3 Å². The third-order valence-corrected chi connectivity index (χ3v) is 6.62. The van der Waals surface area contributed by atoms with Crippen molar-refractivity contribution >= 4 is 40.2 Å². The summed E-state index contributed by atoms with van der Waals surface area (Å²) in [5.74, 6) is -0.136. The molecule has 0 fully saturated rings. The molecule has 0 saturated heterocycles. The zero-order valence-corrected chi connectivity index (χ0v) is 20.7. The van der Waals surface area contributed by atoms with Gasteiger partial charge in [-0.1, -0.05) is 36.4 Å². The molecule has 4 rings (SSSR count). The summed E-state index contributed by atoms with van der Waals surface area (Å²) in [6.07, 6.45) is -2.58. The van der Waals surface area contributed by atoms with Gasteiger partial charge < -0.3 is 19.9 Å². The predicted octanol–water partition coefficient (Wildman–Crippen LogP) is 5.83. The topological polar surface area (TPSA) is 72.4 Å². The lowest BCUT2D eigenvalue weighted by molar-refractivity contribution is -0.137. The number of carbonyl (C=O) groups is 2. The van der Waals surface area contributed by atoms with Crippen molar-refractivity contribution < 1.29 is 27.5 Å². The maximum Gasteiger partial charge on any atom is 0.416 e. The van der Waals surface area contributed by atoms with Crippen molar-refractivity contribution in [3.8, 4) is 5.75 Å². The number of methoxy groups -OCH3 is 1. The molecule has 1 heterocycles. The van der Waals surface area contributed by atoms with Crippen LogP contribution in [0.5, 0.6) is 5.75 Å². The monoisotopic (exact) mass is 527 g/mol. The number of rotatable bonds is 9. The molecule has 2 N–H and O–H groups in total. The molecule has 0 spiro atoms. The molecule has 0 aliphatic carbocycles. The second-order valence-corrected chi connectivity index (χ2v) is 9.09. The van der Waals surface area contributed by atoms with E-state index in [4.69, 9.17) is 4.74 Å². The van der Waals surface area contributed by atoms with Crippen LogP contribution in [0.2, 0.25) is 0 Å². The van der Waals surface area contributed by atoms with Crippen LogP contribution in [-0.4, -0.2) is 35.8 Å². The Balaban J connectivity index is 1.39. The van der Waals surface area contributed by atoms with Crippen LogP contribution < -0.4 is 15.4 Å². The highest BCUT2D eigenvalue weighted by atomic mass is 32.2. The highest BCUT2D eigenvalue weighted by molar-refractivity contribution is 8.00. The van der Waals surface area contributed by atoms with Gasteiger partial charge in [0.05, 0.1) is 24.0 Å². The van der Waals surface area contributed by atoms with Gasteiger partial charge in [-0.05, 0) is 36.4 Å². The van der Waals surface area contributed by atoms with Crippen molar-refractivity contribution in [1.82, 2.24) is 9.88 Å². The summed E-state index contributed by atoms with van der Waals surface area (Å²) in [4.78, 5) is 25.9. The first-order valence-corrected chi connectivity index (χ1v) is 12.3. The molecule has 0 aliphatic heterocycles. The number of aromatic nitrogens is 1. The van der Waals surface area contributed by atoms with Gasteiger partial charge in [-0.3, -0.25) is 9.59 Å². The molecular weight excluding hydrogens is 503 g/mol. The van der Waals surface area contributed by atoms with Crippen molar-refractivity contribution in [2.24, 2.45) is 0 Å². The van der Waals surface area contributed by atoms with Crippen LogP contribution in [0.4, 0.5) is 18.9 Å². The second kappa shape index (κ2) is 11.4. The van der Waals surface area contributed by atoms with Gasteiger partial charge in [0.1, 0.15) is 5.75 Å². The van der Waals surface area contributed by atoms with Gasteiger partial charge in [-0.15, -0.1) is 11.8 Å². The normalized spacial score (nSPS) is 11.4. The Morgan fingerprint density at radius 3 is 2.54 bits per heavy atom. The third kappa shape index (κ3) is 6.45. The molecule has 6 nitrogen and oxygen atoms in total. The number of anilines is 1. The number of nitrogens with zero attached hydrogens (tertiary/aromatic N) is 1. The summed E-state index contributed by atoms with van der Waals surface area (Å²) >= 11 is 1.29. The molecule has 1 aromatic heterocycles. The average molecular weight is 528 g/mol. The first-order valence-electron chi connectivity index (χ1n) is 11.4. The van der Waals surface area contributed by atoms with E-state index in [1.165, 1.54) is 31.0 Å². The number of fused-ring (bicyclic) bond motifs is 1. The lowest BCUT2D eigenvalue weighted by atomic mass is 10.2. The first kappa shape index (κ1) is 26.2. The minimum atomic E-state index is -4.48. The van der Waals surface area contributed by atoms with E-state index in [-0.39, 0.29) is 17.3 Å². The number of ether oxygens (including phenoxy) is 1. The van der Waals surface area contributed by atoms with Gasteiger partial charge >= 0.3 is 6.18 Å². The van der Waals surface area contributed by atoms with Gasteiger partial charge in [-0.25, -0.2) is 0 Å². The number of para-hydroxylation sites is 2. The summed E-state index contributed by atoms with van der Waals surface area (Å²) in [7, 11) is 1.51. The fraction of sp³-hybridized carbons (Fsp3) is 0.185. The van der Waals surface area contributed by atoms with Crippen molar-refractivity contribution in [3.05, 3.63) is 90.1 Å². The van der Waals surface area contributed by atoms with E-state index < -0.39 is 17.6 Å². The Labute approximate surface area is 215 Å². The quantitative estimate of drug-likeness (QED) is 0.269. The molecule has 0 bridgehead atoms. The standard InChI is InChI=1S/C27H24F3N3O3S/c1-36-23-12-5-3-10-21(23)26(35)31-13-14-33-16-24(20-9-2-4-11-22(20)33)37-17-25(34)32-19-8-6-7-18(15-19)27(28,29)30/h2-12,15-16H,13-14,17H2,1H3,(H,31,35)(H,32,34). The minimum absolute atomic E-state index is 0.0226. The molecule has 0 aliphatic rings. The summed E-state index contributed by atoms with van der Waals surface area (Å²) in [6, 6.07) is 19.2. The molecule has 0 saturated carbocycles. The van der Waals surface area contributed by atoms with Crippen LogP contribution in [0.1, 0.15) is 15.9 Å². The lowest BCUT2D eigenvalue weighted by Crippen LogP contribution is -2.27. The Morgan fingerprint density at radius 2 is 1.76 bits per heavy atom. The fourth-order valence-electron chi connectivity index (χ4n) is 3.84. The number of amides is 2. The van der Waals surface area contributed by atoms with E-state index in [9.17, 15) is 22.8 Å². The van der Waals surface area contributed by atoms with Crippen LogP contribution in [-0.2, 0) is 17.5 Å². The van der Waals surface area contributed by atoms with E-state index in [0.29, 0.717) is 24.4 Å². The van der Waals surface area contributed by atoms with Crippen LogP contribution in [0.3, 0.4) is 0 Å². The van der Waals surface area contributed by atoms with Crippen LogP contribution in [0.15, 0.2) is 83.9 Å². The summed E-state index contributed by atoms with van der Waals surface area (Å²) in [5.41, 5.74) is 0.660. The van der Waals surface area contributed by atoms with E-state index >= 15 is 0 Å². The molecule has 0 unspecified atom stereocenters. The first-order chi connectivity index (χ1) is 17.8. The second-order valence-electron chi connectivity index (χ2n) is 8.08. The smallest absolute Gasteiger partial charge is 0.416 e.